The topological polar surface area (TPSA) is 38.7 Å². The molecule has 0 radical (unpaired) electrons. The van der Waals surface area contributed by atoms with E-state index in [1.165, 1.54) is 6.54 Å². The molecule has 1 unspecified atom stereocenters. The maximum absolute atomic E-state index is 9.62. The van der Waals surface area contributed by atoms with Gasteiger partial charge in [-0.05, 0) is 27.6 Å². The van der Waals surface area contributed by atoms with Gasteiger partial charge in [0, 0.05) is 32.7 Å². The van der Waals surface area contributed by atoms with Gasteiger partial charge < -0.3 is 19.8 Å². The summed E-state index contributed by atoms with van der Waals surface area (Å²) in [5.41, 5.74) is 0. The van der Waals surface area contributed by atoms with Crippen molar-refractivity contribution in [1.82, 2.24) is 15.1 Å². The summed E-state index contributed by atoms with van der Waals surface area (Å²) >= 11 is 0. The fourth-order valence-electron chi connectivity index (χ4n) is 2.00. The van der Waals surface area contributed by atoms with Gasteiger partial charge in [-0.2, -0.15) is 0 Å². The van der Waals surface area contributed by atoms with Crippen molar-refractivity contribution in [2.24, 2.45) is 0 Å². The van der Waals surface area contributed by atoms with Crippen molar-refractivity contribution in [3.63, 3.8) is 0 Å². The number of aliphatic hydroxyl groups excluding tert-OH is 1. The van der Waals surface area contributed by atoms with Crippen LogP contribution in [0.25, 0.3) is 0 Å². The van der Waals surface area contributed by atoms with Gasteiger partial charge in [-0.3, -0.25) is 4.90 Å². The Kier molecular flexibility index (Phi) is 10.4. The fraction of sp³-hybridized carbons (Fsp3) is 1.00. The quantitative estimate of drug-likeness (QED) is 0.493. The molecule has 122 valence electrons. The standard InChI is InChI=1S/C15H37N4O/c1-7-15(20)14-18(4)10-9-17(3)11-13-19(5,6)12-8-16-2/h15-16,20H,7-14H2,1-6H3/q+1. The first-order chi connectivity index (χ1) is 9.30. The minimum absolute atomic E-state index is 0.192. The number of nitrogens with zero attached hydrogens (tertiary/aromatic N) is 3. The molecule has 0 amide bonds. The summed E-state index contributed by atoms with van der Waals surface area (Å²) in [5, 5.41) is 12.8. The highest BCUT2D eigenvalue weighted by atomic mass is 16.3. The Morgan fingerprint density at radius 2 is 1.65 bits per heavy atom. The lowest BCUT2D eigenvalue weighted by Crippen LogP contribution is -2.48. The predicted octanol–water partition coefficient (Wildman–Crippen LogP) is -0.0833. The van der Waals surface area contributed by atoms with Gasteiger partial charge in [0.2, 0.25) is 0 Å². The molecule has 0 bridgehead atoms. The van der Waals surface area contributed by atoms with E-state index >= 15 is 0 Å². The SMILES string of the molecule is CCC(O)CN(C)CCN(C)CC[N+](C)(C)CCNC. The van der Waals surface area contributed by atoms with Gasteiger partial charge in [-0.1, -0.05) is 6.92 Å². The number of rotatable bonds is 12. The molecule has 5 heteroatoms. The Bertz CT molecular complexity index is 236. The molecule has 0 aromatic rings. The second-order valence-corrected chi connectivity index (χ2v) is 6.61. The summed E-state index contributed by atoms with van der Waals surface area (Å²) in [6.07, 6.45) is 0.638. The third-order valence-corrected chi connectivity index (χ3v) is 3.91. The minimum atomic E-state index is -0.192. The van der Waals surface area contributed by atoms with Crippen LogP contribution >= 0.6 is 0 Å². The first kappa shape index (κ1) is 19.8. The van der Waals surface area contributed by atoms with Crippen LogP contribution in [0, 0.1) is 0 Å². The molecule has 0 aromatic carbocycles. The maximum atomic E-state index is 9.62. The van der Waals surface area contributed by atoms with Crippen molar-refractivity contribution in [1.29, 1.82) is 0 Å². The molecular formula is C15H37N4O+. The summed E-state index contributed by atoms with van der Waals surface area (Å²) in [6.45, 7) is 9.36. The molecule has 0 spiro atoms. The molecule has 1 atom stereocenters. The molecule has 20 heavy (non-hydrogen) atoms. The minimum Gasteiger partial charge on any atom is -0.392 e. The number of likely N-dealkylation sites (N-methyl/N-ethyl adjacent to an activating group) is 4. The zero-order chi connectivity index (χ0) is 15.6. The monoisotopic (exact) mass is 289 g/mol. The van der Waals surface area contributed by atoms with Crippen molar-refractivity contribution < 1.29 is 9.59 Å². The van der Waals surface area contributed by atoms with E-state index < -0.39 is 0 Å². The van der Waals surface area contributed by atoms with Crippen LogP contribution in [-0.4, -0.2) is 107 Å². The molecule has 0 fully saturated rings. The predicted molar refractivity (Wildman–Crippen MR) is 87.1 cm³/mol. The van der Waals surface area contributed by atoms with E-state index in [2.05, 4.69) is 43.3 Å². The molecular weight excluding hydrogens is 252 g/mol. The summed E-state index contributed by atoms with van der Waals surface area (Å²) in [5.74, 6) is 0. The first-order valence-electron chi connectivity index (χ1n) is 7.82. The molecule has 0 aromatic heterocycles. The molecule has 0 heterocycles. The normalized spacial score (nSPS) is 14.2. The van der Waals surface area contributed by atoms with E-state index in [1.54, 1.807) is 0 Å². The molecule has 0 aliphatic rings. The molecule has 2 N–H and O–H groups in total. The Balaban J connectivity index is 3.80. The van der Waals surface area contributed by atoms with Crippen LogP contribution in [0.5, 0.6) is 0 Å². The lowest BCUT2D eigenvalue weighted by Gasteiger charge is -2.32. The zero-order valence-electron chi connectivity index (χ0n) is 14.5. The average molecular weight is 289 g/mol. The van der Waals surface area contributed by atoms with Crippen LogP contribution in [0.4, 0.5) is 0 Å². The third kappa shape index (κ3) is 10.6. The van der Waals surface area contributed by atoms with Crippen LogP contribution in [-0.2, 0) is 0 Å². The first-order valence-corrected chi connectivity index (χ1v) is 7.82. The number of hydrogen-bond donors (Lipinski definition) is 2. The zero-order valence-corrected chi connectivity index (χ0v) is 14.5. The van der Waals surface area contributed by atoms with Gasteiger partial charge in [0.1, 0.15) is 0 Å². The van der Waals surface area contributed by atoms with Crippen molar-refractivity contribution in [2.75, 3.05) is 81.1 Å². The molecule has 0 aliphatic carbocycles. The summed E-state index contributed by atoms with van der Waals surface area (Å²) < 4.78 is 1.05. The van der Waals surface area contributed by atoms with Gasteiger partial charge >= 0.3 is 0 Å². The highest BCUT2D eigenvalue weighted by Crippen LogP contribution is 1.98. The number of aliphatic hydroxyl groups is 1. The average Bonchev–Trinajstić information content (AvgIpc) is 2.40. The van der Waals surface area contributed by atoms with Gasteiger partial charge in [-0.15, -0.1) is 0 Å². The van der Waals surface area contributed by atoms with Gasteiger partial charge in [0.05, 0.1) is 33.3 Å². The summed E-state index contributed by atoms with van der Waals surface area (Å²) in [7, 11) is 10.8. The number of hydrogen-bond acceptors (Lipinski definition) is 4. The van der Waals surface area contributed by atoms with Crippen LogP contribution in [0.2, 0.25) is 0 Å². The van der Waals surface area contributed by atoms with Gasteiger partial charge in [0.15, 0.2) is 0 Å². The van der Waals surface area contributed by atoms with Crippen molar-refractivity contribution in [2.45, 2.75) is 19.4 Å². The third-order valence-electron chi connectivity index (χ3n) is 3.91. The van der Waals surface area contributed by atoms with Gasteiger partial charge in [0.25, 0.3) is 0 Å². The van der Waals surface area contributed by atoms with Crippen LogP contribution in [0.3, 0.4) is 0 Å². The molecule has 0 saturated heterocycles. The Labute approximate surface area is 126 Å². The Morgan fingerprint density at radius 1 is 1.05 bits per heavy atom. The molecule has 0 rings (SSSR count). The van der Waals surface area contributed by atoms with Crippen LogP contribution < -0.4 is 5.32 Å². The van der Waals surface area contributed by atoms with E-state index in [-0.39, 0.29) is 6.10 Å². The molecule has 0 saturated carbocycles. The van der Waals surface area contributed by atoms with Crippen LogP contribution in [0.15, 0.2) is 0 Å². The van der Waals surface area contributed by atoms with Gasteiger partial charge in [-0.25, -0.2) is 0 Å². The second kappa shape index (κ2) is 10.5. The smallest absolute Gasteiger partial charge is 0.0912 e. The van der Waals surface area contributed by atoms with Crippen molar-refractivity contribution in [3.8, 4) is 0 Å². The Hall–Kier alpha value is -0.200. The maximum Gasteiger partial charge on any atom is 0.0912 e. The molecule has 0 aliphatic heterocycles. The summed E-state index contributed by atoms with van der Waals surface area (Å²) in [4.78, 5) is 4.60. The second-order valence-electron chi connectivity index (χ2n) is 6.61. The van der Waals surface area contributed by atoms with Crippen molar-refractivity contribution in [3.05, 3.63) is 0 Å². The van der Waals surface area contributed by atoms with E-state index in [0.717, 1.165) is 50.2 Å². The highest BCUT2D eigenvalue weighted by Gasteiger charge is 2.15. The lowest BCUT2D eigenvalue weighted by molar-refractivity contribution is -0.888. The highest BCUT2D eigenvalue weighted by molar-refractivity contribution is 4.62. The Morgan fingerprint density at radius 3 is 2.20 bits per heavy atom. The van der Waals surface area contributed by atoms with E-state index in [9.17, 15) is 5.11 Å². The number of quaternary nitrogens is 1. The number of nitrogens with one attached hydrogen (secondary N) is 1. The van der Waals surface area contributed by atoms with E-state index in [4.69, 9.17) is 0 Å². The lowest BCUT2D eigenvalue weighted by atomic mass is 10.2. The largest absolute Gasteiger partial charge is 0.392 e. The van der Waals surface area contributed by atoms with E-state index in [0.29, 0.717) is 0 Å². The van der Waals surface area contributed by atoms with Crippen LogP contribution in [0.1, 0.15) is 13.3 Å². The summed E-state index contributed by atoms with van der Waals surface area (Å²) in [6, 6.07) is 0. The fourth-order valence-corrected chi connectivity index (χ4v) is 2.00. The van der Waals surface area contributed by atoms with E-state index in [1.807, 2.05) is 14.0 Å². The molecule has 5 nitrogen and oxygen atoms in total. The van der Waals surface area contributed by atoms with Crippen molar-refractivity contribution >= 4 is 0 Å².